The van der Waals surface area contributed by atoms with Crippen molar-refractivity contribution in [2.24, 2.45) is 0 Å². The number of hydrogen-bond donors (Lipinski definition) is 1. The van der Waals surface area contributed by atoms with Crippen molar-refractivity contribution in [1.82, 2.24) is 5.32 Å². The molecule has 0 saturated carbocycles. The predicted molar refractivity (Wildman–Crippen MR) is 155 cm³/mol. The van der Waals surface area contributed by atoms with Gasteiger partial charge in [0.1, 0.15) is 18.8 Å². The monoisotopic (exact) mass is 529 g/mol. The third kappa shape index (κ3) is 13.9. The summed E-state index contributed by atoms with van der Waals surface area (Å²) in [5.41, 5.74) is 1.90. The van der Waals surface area contributed by atoms with Crippen LogP contribution in [0.25, 0.3) is 0 Å². The average molecular weight is 530 g/mol. The van der Waals surface area contributed by atoms with Crippen molar-refractivity contribution in [3.8, 4) is 5.75 Å². The number of hydrogen-bond acceptors (Lipinski definition) is 2. The normalized spacial score (nSPS) is 11.0. The number of aromatic nitrogens is 1. The maximum Gasteiger partial charge on any atom is 0.224 e. The molecule has 0 aliphatic rings. The minimum absolute atomic E-state index is 0.0375. The molecule has 1 aromatic carbocycles. The molecule has 1 aromatic heterocycles. The SMILES string of the molecule is CCCCCCCCCCCCCCCCOc1ccc(CC(=O)NCc2cccc[n+]2CC)c(Cl)c1. The molecule has 1 heterocycles. The quantitative estimate of drug-likeness (QED) is 0.130. The number of ether oxygens (including phenoxy) is 1. The molecular weight excluding hydrogens is 480 g/mol. The fraction of sp³-hybridized carbons (Fsp3) is 0.625. The fourth-order valence-corrected chi connectivity index (χ4v) is 4.89. The van der Waals surface area contributed by atoms with Crippen molar-refractivity contribution < 1.29 is 14.1 Å². The highest BCUT2D eigenvalue weighted by atomic mass is 35.5. The molecule has 0 aliphatic carbocycles. The van der Waals surface area contributed by atoms with Gasteiger partial charge in [-0.2, -0.15) is 0 Å². The Balaban J connectivity index is 1.51. The number of amides is 1. The van der Waals surface area contributed by atoms with Crippen molar-refractivity contribution in [2.45, 2.75) is 123 Å². The van der Waals surface area contributed by atoms with Crippen LogP contribution in [0.1, 0.15) is 115 Å². The second kappa shape index (κ2) is 20.0. The van der Waals surface area contributed by atoms with Gasteiger partial charge in [-0.05, 0) is 31.0 Å². The first-order chi connectivity index (χ1) is 18.1. The zero-order valence-corrected chi connectivity index (χ0v) is 24.2. The topological polar surface area (TPSA) is 42.2 Å². The van der Waals surface area contributed by atoms with E-state index in [2.05, 4.69) is 23.7 Å². The lowest BCUT2D eigenvalue weighted by molar-refractivity contribution is -0.701. The highest BCUT2D eigenvalue weighted by Gasteiger charge is 2.12. The van der Waals surface area contributed by atoms with Gasteiger partial charge in [-0.15, -0.1) is 0 Å². The van der Waals surface area contributed by atoms with Gasteiger partial charge in [-0.3, -0.25) is 4.79 Å². The number of unbranched alkanes of at least 4 members (excludes halogenated alkanes) is 13. The van der Waals surface area contributed by atoms with E-state index < -0.39 is 0 Å². The van der Waals surface area contributed by atoms with E-state index in [4.69, 9.17) is 16.3 Å². The van der Waals surface area contributed by atoms with Crippen LogP contribution < -0.4 is 14.6 Å². The molecule has 0 unspecified atom stereocenters. The van der Waals surface area contributed by atoms with E-state index in [1.54, 1.807) is 0 Å². The zero-order chi connectivity index (χ0) is 26.6. The summed E-state index contributed by atoms with van der Waals surface area (Å²) in [5, 5.41) is 3.58. The number of nitrogens with one attached hydrogen (secondary N) is 1. The maximum absolute atomic E-state index is 12.4. The molecule has 1 N–H and O–H groups in total. The summed E-state index contributed by atoms with van der Waals surface area (Å²) in [6.45, 7) is 6.46. The van der Waals surface area contributed by atoms with Crippen LogP contribution in [0.3, 0.4) is 0 Å². The van der Waals surface area contributed by atoms with Crippen molar-refractivity contribution in [1.29, 1.82) is 0 Å². The minimum atomic E-state index is -0.0375. The van der Waals surface area contributed by atoms with Crippen molar-refractivity contribution in [2.75, 3.05) is 6.61 Å². The lowest BCUT2D eigenvalue weighted by atomic mass is 10.0. The highest BCUT2D eigenvalue weighted by molar-refractivity contribution is 6.31. The van der Waals surface area contributed by atoms with Gasteiger partial charge in [0.05, 0.1) is 13.0 Å². The summed E-state index contributed by atoms with van der Waals surface area (Å²) in [6, 6.07) is 11.7. The first-order valence-electron chi connectivity index (χ1n) is 14.8. The number of halogens is 1. The summed E-state index contributed by atoms with van der Waals surface area (Å²) in [5.74, 6) is 0.738. The van der Waals surface area contributed by atoms with Gasteiger partial charge in [0.25, 0.3) is 0 Å². The molecule has 4 nitrogen and oxygen atoms in total. The van der Waals surface area contributed by atoms with Crippen LogP contribution in [0.5, 0.6) is 5.75 Å². The van der Waals surface area contributed by atoms with Gasteiger partial charge in [-0.1, -0.05) is 114 Å². The fourth-order valence-electron chi connectivity index (χ4n) is 4.65. The molecule has 0 spiro atoms. The van der Waals surface area contributed by atoms with Gasteiger partial charge in [0.2, 0.25) is 11.6 Å². The summed E-state index contributed by atoms with van der Waals surface area (Å²) >= 11 is 6.45. The molecule has 2 rings (SSSR count). The number of nitrogens with zero attached hydrogens (tertiary/aromatic N) is 1. The molecular formula is C32H50ClN2O2+. The first kappa shape index (κ1) is 31.1. The lowest BCUT2D eigenvalue weighted by Crippen LogP contribution is -2.40. The van der Waals surface area contributed by atoms with Gasteiger partial charge >= 0.3 is 0 Å². The van der Waals surface area contributed by atoms with E-state index >= 15 is 0 Å². The van der Waals surface area contributed by atoms with Gasteiger partial charge in [-0.25, -0.2) is 4.57 Å². The Morgan fingerprint density at radius 3 is 2.05 bits per heavy atom. The molecule has 0 saturated heterocycles. The third-order valence-corrected chi connectivity index (χ3v) is 7.34. The Hall–Kier alpha value is -2.07. The molecule has 0 radical (unpaired) electrons. The first-order valence-corrected chi connectivity index (χ1v) is 15.2. The van der Waals surface area contributed by atoms with Crippen LogP contribution in [0.4, 0.5) is 0 Å². The Kier molecular flexibility index (Phi) is 16.8. The summed E-state index contributed by atoms with van der Waals surface area (Å²) < 4.78 is 8.02. The second-order valence-corrected chi connectivity index (χ2v) is 10.5. The van der Waals surface area contributed by atoms with E-state index in [1.165, 1.54) is 83.5 Å². The summed E-state index contributed by atoms with van der Waals surface area (Å²) in [4.78, 5) is 12.4. The second-order valence-electron chi connectivity index (χ2n) is 10.1. The maximum atomic E-state index is 12.4. The van der Waals surface area contributed by atoms with E-state index in [-0.39, 0.29) is 12.3 Å². The number of carbonyl (C=O) groups is 1. The molecule has 0 bridgehead atoms. The number of benzene rings is 1. The highest BCUT2D eigenvalue weighted by Crippen LogP contribution is 2.23. The number of pyridine rings is 1. The van der Waals surface area contributed by atoms with E-state index in [0.29, 0.717) is 18.2 Å². The Morgan fingerprint density at radius 2 is 1.46 bits per heavy atom. The third-order valence-electron chi connectivity index (χ3n) is 6.98. The summed E-state index contributed by atoms with van der Waals surface area (Å²) in [6.07, 6.45) is 21.2. The van der Waals surface area contributed by atoms with Gasteiger partial charge < -0.3 is 10.1 Å². The van der Waals surface area contributed by atoms with E-state index in [9.17, 15) is 4.79 Å². The van der Waals surface area contributed by atoms with Crippen molar-refractivity contribution >= 4 is 17.5 Å². The van der Waals surface area contributed by atoms with Crippen LogP contribution in [0.15, 0.2) is 42.6 Å². The Labute approximate surface area is 231 Å². The van der Waals surface area contributed by atoms with E-state index in [1.807, 2.05) is 42.6 Å². The molecule has 0 aliphatic heterocycles. The smallest absolute Gasteiger partial charge is 0.224 e. The molecule has 1 amide bonds. The predicted octanol–water partition coefficient (Wildman–Crippen LogP) is 8.37. The van der Waals surface area contributed by atoms with Crippen LogP contribution in [0.2, 0.25) is 5.02 Å². The Morgan fingerprint density at radius 1 is 0.838 bits per heavy atom. The molecule has 0 fully saturated rings. The van der Waals surface area contributed by atoms with Gasteiger partial charge in [0.15, 0.2) is 6.20 Å². The Bertz CT molecular complexity index is 887. The number of carbonyl (C=O) groups excluding carboxylic acids is 1. The molecule has 2 aromatic rings. The largest absolute Gasteiger partial charge is 0.494 e. The average Bonchev–Trinajstić information content (AvgIpc) is 2.91. The van der Waals surface area contributed by atoms with Crippen LogP contribution in [0, 0.1) is 0 Å². The number of aryl methyl sites for hydroxylation is 1. The van der Waals surface area contributed by atoms with Crippen molar-refractivity contribution in [3.63, 3.8) is 0 Å². The van der Waals surface area contributed by atoms with Crippen LogP contribution in [-0.2, 0) is 24.3 Å². The van der Waals surface area contributed by atoms with E-state index in [0.717, 1.165) is 30.0 Å². The molecule has 5 heteroatoms. The number of rotatable bonds is 21. The van der Waals surface area contributed by atoms with Gasteiger partial charge in [0, 0.05) is 17.2 Å². The summed E-state index contributed by atoms with van der Waals surface area (Å²) in [7, 11) is 0. The standard InChI is InChI=1S/C32H49ClN2O2/c1-3-5-6-7-8-9-10-11-12-13-14-15-16-19-24-37-30-22-21-28(31(33)26-30)25-32(36)34-27-29-20-17-18-23-35(29)4-2/h17-18,20-23,26H,3-16,19,24-25,27H2,1-2H3/p+1. The molecule has 37 heavy (non-hydrogen) atoms. The molecule has 0 atom stereocenters. The zero-order valence-electron chi connectivity index (χ0n) is 23.4. The van der Waals surface area contributed by atoms with Crippen LogP contribution in [-0.4, -0.2) is 12.5 Å². The molecule has 206 valence electrons. The lowest BCUT2D eigenvalue weighted by Gasteiger charge is -2.10. The van der Waals surface area contributed by atoms with Crippen LogP contribution >= 0.6 is 11.6 Å². The minimum Gasteiger partial charge on any atom is -0.494 e. The van der Waals surface area contributed by atoms with Crippen molar-refractivity contribution in [3.05, 3.63) is 58.9 Å².